The van der Waals surface area contributed by atoms with E-state index in [4.69, 9.17) is 4.74 Å². The molecular weight excluding hydrogens is 218 g/mol. The molecule has 0 aromatic carbocycles. The van der Waals surface area contributed by atoms with Gasteiger partial charge in [0, 0.05) is 19.3 Å². The van der Waals surface area contributed by atoms with E-state index in [0.717, 1.165) is 5.69 Å². The normalized spacial score (nSPS) is 11.2. The van der Waals surface area contributed by atoms with Crippen LogP contribution < -0.4 is 5.32 Å². The molecule has 0 amide bonds. The van der Waals surface area contributed by atoms with Gasteiger partial charge in [-0.05, 0) is 26.8 Å². The van der Waals surface area contributed by atoms with Crippen molar-refractivity contribution in [3.63, 3.8) is 0 Å². The predicted octanol–water partition coefficient (Wildman–Crippen LogP) is 1.30. The van der Waals surface area contributed by atoms with Crippen LogP contribution in [0.25, 0.3) is 0 Å². The molecule has 0 aliphatic heterocycles. The first-order valence-electron chi connectivity index (χ1n) is 5.65. The number of nitrogens with one attached hydrogen (secondary N) is 1. The van der Waals surface area contributed by atoms with Crippen LogP contribution in [0.3, 0.4) is 0 Å². The van der Waals surface area contributed by atoms with Gasteiger partial charge in [0.15, 0.2) is 0 Å². The Morgan fingerprint density at radius 1 is 1.47 bits per heavy atom. The van der Waals surface area contributed by atoms with Crippen molar-refractivity contribution in [1.29, 1.82) is 0 Å². The average Bonchev–Trinajstić information content (AvgIpc) is 2.23. The van der Waals surface area contributed by atoms with Crippen LogP contribution in [0.15, 0.2) is 18.6 Å². The molecule has 0 unspecified atom stereocenters. The summed E-state index contributed by atoms with van der Waals surface area (Å²) in [4.78, 5) is 19.3. The van der Waals surface area contributed by atoms with Crippen molar-refractivity contribution in [2.45, 2.75) is 39.3 Å². The highest BCUT2D eigenvalue weighted by Gasteiger charge is 2.15. The highest BCUT2D eigenvalue weighted by atomic mass is 16.6. The lowest BCUT2D eigenvalue weighted by atomic mass is 10.2. The van der Waals surface area contributed by atoms with Crippen LogP contribution in [0.5, 0.6) is 0 Å². The monoisotopic (exact) mass is 237 g/mol. The van der Waals surface area contributed by atoms with Gasteiger partial charge in [-0.2, -0.15) is 0 Å². The molecule has 5 nitrogen and oxygen atoms in total. The molecule has 0 aliphatic rings. The molecule has 0 bridgehead atoms. The molecule has 0 aliphatic carbocycles. The first-order chi connectivity index (χ1) is 7.97. The Morgan fingerprint density at radius 2 is 2.24 bits per heavy atom. The molecule has 94 valence electrons. The third kappa shape index (κ3) is 6.63. The summed E-state index contributed by atoms with van der Waals surface area (Å²) in [6, 6.07) is 1.83. The average molecular weight is 237 g/mol. The number of rotatable bonds is 5. The van der Waals surface area contributed by atoms with Crippen molar-refractivity contribution < 1.29 is 9.53 Å². The SMILES string of the molecule is CC(C)(C)OC(=O)CCNCc1ccncn1. The topological polar surface area (TPSA) is 64.1 Å². The van der Waals surface area contributed by atoms with Gasteiger partial charge in [0.25, 0.3) is 0 Å². The van der Waals surface area contributed by atoms with Gasteiger partial charge in [-0.3, -0.25) is 4.79 Å². The van der Waals surface area contributed by atoms with Gasteiger partial charge in [-0.25, -0.2) is 9.97 Å². The van der Waals surface area contributed by atoms with Gasteiger partial charge in [0.2, 0.25) is 0 Å². The van der Waals surface area contributed by atoms with Crippen LogP contribution in [0.4, 0.5) is 0 Å². The molecule has 1 aromatic heterocycles. The quantitative estimate of drug-likeness (QED) is 0.617. The van der Waals surface area contributed by atoms with Crippen LogP contribution in [0.2, 0.25) is 0 Å². The lowest BCUT2D eigenvalue weighted by Gasteiger charge is -2.19. The molecule has 0 atom stereocenters. The summed E-state index contributed by atoms with van der Waals surface area (Å²) < 4.78 is 5.19. The Morgan fingerprint density at radius 3 is 2.82 bits per heavy atom. The fourth-order valence-corrected chi connectivity index (χ4v) is 1.22. The molecule has 17 heavy (non-hydrogen) atoms. The van der Waals surface area contributed by atoms with Gasteiger partial charge in [-0.15, -0.1) is 0 Å². The Balaban J connectivity index is 2.14. The maximum Gasteiger partial charge on any atom is 0.307 e. The highest BCUT2D eigenvalue weighted by Crippen LogP contribution is 2.07. The van der Waals surface area contributed by atoms with Gasteiger partial charge in [0.05, 0.1) is 12.1 Å². The number of carbonyl (C=O) groups is 1. The van der Waals surface area contributed by atoms with Crippen molar-refractivity contribution >= 4 is 5.97 Å². The van der Waals surface area contributed by atoms with Gasteiger partial charge >= 0.3 is 5.97 Å². The maximum atomic E-state index is 11.4. The number of esters is 1. The molecular formula is C12H19N3O2. The van der Waals surface area contributed by atoms with Crippen LogP contribution in [-0.2, 0) is 16.1 Å². The third-order valence-corrected chi connectivity index (χ3v) is 1.88. The number of aromatic nitrogens is 2. The zero-order valence-electron chi connectivity index (χ0n) is 10.6. The van der Waals surface area contributed by atoms with E-state index in [-0.39, 0.29) is 5.97 Å². The number of hydrogen-bond acceptors (Lipinski definition) is 5. The van der Waals surface area contributed by atoms with Crippen molar-refractivity contribution in [1.82, 2.24) is 15.3 Å². The smallest absolute Gasteiger partial charge is 0.307 e. The van der Waals surface area contributed by atoms with Crippen molar-refractivity contribution in [2.75, 3.05) is 6.54 Å². The second-order valence-electron chi connectivity index (χ2n) is 4.71. The lowest BCUT2D eigenvalue weighted by molar-refractivity contribution is -0.154. The fraction of sp³-hybridized carbons (Fsp3) is 0.583. The second-order valence-corrected chi connectivity index (χ2v) is 4.71. The minimum Gasteiger partial charge on any atom is -0.460 e. The molecule has 5 heteroatoms. The molecule has 1 heterocycles. The Bertz CT molecular complexity index is 347. The summed E-state index contributed by atoms with van der Waals surface area (Å²) in [5, 5.41) is 3.13. The number of ether oxygens (including phenoxy) is 1. The molecule has 0 saturated carbocycles. The number of carbonyl (C=O) groups excluding carboxylic acids is 1. The summed E-state index contributed by atoms with van der Waals surface area (Å²) in [7, 11) is 0. The number of nitrogens with zero attached hydrogens (tertiary/aromatic N) is 2. The Kier molecular flexibility index (Phi) is 5.03. The van der Waals surface area contributed by atoms with Crippen molar-refractivity contribution in [3.05, 3.63) is 24.3 Å². The van der Waals surface area contributed by atoms with E-state index in [1.54, 1.807) is 6.20 Å². The zero-order chi connectivity index (χ0) is 12.7. The molecule has 1 aromatic rings. The fourth-order valence-electron chi connectivity index (χ4n) is 1.22. The Hall–Kier alpha value is -1.49. The Labute approximate surface area is 102 Å². The van der Waals surface area contributed by atoms with Crippen LogP contribution in [0.1, 0.15) is 32.9 Å². The van der Waals surface area contributed by atoms with Gasteiger partial charge in [-0.1, -0.05) is 0 Å². The predicted molar refractivity (Wildman–Crippen MR) is 64.2 cm³/mol. The lowest BCUT2D eigenvalue weighted by Crippen LogP contribution is -2.26. The van der Waals surface area contributed by atoms with E-state index in [1.807, 2.05) is 26.8 Å². The maximum absolute atomic E-state index is 11.4. The highest BCUT2D eigenvalue weighted by molar-refractivity contribution is 5.70. The summed E-state index contributed by atoms with van der Waals surface area (Å²) in [6.07, 6.45) is 3.56. The molecule has 0 spiro atoms. The molecule has 1 rings (SSSR count). The summed E-state index contributed by atoms with van der Waals surface area (Å²) in [5.41, 5.74) is 0.494. The molecule has 0 radical (unpaired) electrons. The van der Waals surface area contributed by atoms with Crippen LogP contribution >= 0.6 is 0 Å². The zero-order valence-corrected chi connectivity index (χ0v) is 10.6. The van der Waals surface area contributed by atoms with Gasteiger partial charge < -0.3 is 10.1 Å². The van der Waals surface area contributed by atoms with Gasteiger partial charge in [0.1, 0.15) is 11.9 Å². The molecule has 0 fully saturated rings. The first-order valence-corrected chi connectivity index (χ1v) is 5.65. The second kappa shape index (κ2) is 6.30. The van der Waals surface area contributed by atoms with Crippen molar-refractivity contribution in [2.24, 2.45) is 0 Å². The standard InChI is InChI=1S/C12H19N3O2/c1-12(2,3)17-11(16)5-7-13-8-10-4-6-14-9-15-10/h4,6,9,13H,5,7-8H2,1-3H3. The largest absolute Gasteiger partial charge is 0.460 e. The van der Waals surface area contributed by atoms with E-state index in [0.29, 0.717) is 19.5 Å². The number of hydrogen-bond donors (Lipinski definition) is 1. The van der Waals surface area contributed by atoms with Crippen LogP contribution in [0, 0.1) is 0 Å². The van der Waals surface area contributed by atoms with Crippen molar-refractivity contribution in [3.8, 4) is 0 Å². The van der Waals surface area contributed by atoms with Crippen LogP contribution in [-0.4, -0.2) is 28.1 Å². The van der Waals surface area contributed by atoms with E-state index in [9.17, 15) is 4.79 Å². The minimum absolute atomic E-state index is 0.187. The third-order valence-electron chi connectivity index (χ3n) is 1.88. The summed E-state index contributed by atoms with van der Waals surface area (Å²) in [5.74, 6) is -0.187. The van der Waals surface area contributed by atoms with E-state index >= 15 is 0 Å². The molecule has 1 N–H and O–H groups in total. The summed E-state index contributed by atoms with van der Waals surface area (Å²) in [6.45, 7) is 6.79. The van der Waals surface area contributed by atoms with E-state index in [2.05, 4.69) is 15.3 Å². The van der Waals surface area contributed by atoms with E-state index in [1.165, 1.54) is 6.33 Å². The van der Waals surface area contributed by atoms with E-state index < -0.39 is 5.60 Å². The summed E-state index contributed by atoms with van der Waals surface area (Å²) >= 11 is 0. The first kappa shape index (κ1) is 13.6. The molecule has 0 saturated heterocycles. The minimum atomic E-state index is -0.413.